The standard InChI is InChI=1S/C15H22N2O2S/c1-20(18,19)16-13-7-5-12(6-8-13)15-10-9-14-4-2-3-11-17(14)15/h5-8,14-16H,2-4,9-11H2,1H3/t14-,15-/m0/s1. The van der Waals surface area contributed by atoms with Gasteiger partial charge < -0.3 is 0 Å². The molecule has 110 valence electrons. The number of hydrogen-bond acceptors (Lipinski definition) is 3. The smallest absolute Gasteiger partial charge is 0.229 e. The summed E-state index contributed by atoms with van der Waals surface area (Å²) in [4.78, 5) is 2.64. The van der Waals surface area contributed by atoms with Crippen molar-refractivity contribution in [3.63, 3.8) is 0 Å². The first kappa shape index (κ1) is 13.9. The number of fused-ring (bicyclic) bond motifs is 1. The van der Waals surface area contributed by atoms with E-state index in [1.54, 1.807) is 0 Å². The largest absolute Gasteiger partial charge is 0.293 e. The average molecular weight is 294 g/mol. The maximum Gasteiger partial charge on any atom is 0.229 e. The SMILES string of the molecule is CS(=O)(=O)Nc1ccc([C@@H]2CC[C@@H]3CCCCN32)cc1. The molecule has 2 aliphatic heterocycles. The average Bonchev–Trinajstić information content (AvgIpc) is 2.82. The molecule has 2 aliphatic rings. The summed E-state index contributed by atoms with van der Waals surface area (Å²) < 4.78 is 24.9. The summed E-state index contributed by atoms with van der Waals surface area (Å²) in [6.45, 7) is 1.21. The van der Waals surface area contributed by atoms with Crippen LogP contribution < -0.4 is 4.72 Å². The molecule has 2 fully saturated rings. The lowest BCUT2D eigenvalue weighted by atomic mass is 10.0. The summed E-state index contributed by atoms with van der Waals surface area (Å²) in [5, 5.41) is 0. The molecule has 0 aromatic heterocycles. The third-order valence-corrected chi connectivity index (χ3v) is 5.05. The molecule has 1 aromatic rings. The van der Waals surface area contributed by atoms with Gasteiger partial charge in [0, 0.05) is 17.8 Å². The van der Waals surface area contributed by atoms with Crippen LogP contribution in [-0.2, 0) is 10.0 Å². The number of anilines is 1. The Morgan fingerprint density at radius 3 is 2.55 bits per heavy atom. The van der Waals surface area contributed by atoms with Crippen molar-refractivity contribution in [3.8, 4) is 0 Å². The van der Waals surface area contributed by atoms with Crippen molar-refractivity contribution in [2.24, 2.45) is 0 Å². The van der Waals surface area contributed by atoms with Gasteiger partial charge in [-0.15, -0.1) is 0 Å². The van der Waals surface area contributed by atoms with Gasteiger partial charge in [-0.1, -0.05) is 18.6 Å². The topological polar surface area (TPSA) is 49.4 Å². The molecule has 2 atom stereocenters. The fourth-order valence-electron chi connectivity index (χ4n) is 3.60. The molecular weight excluding hydrogens is 272 g/mol. The Morgan fingerprint density at radius 2 is 1.85 bits per heavy atom. The van der Waals surface area contributed by atoms with Gasteiger partial charge in [-0.05, 0) is 49.9 Å². The number of nitrogens with one attached hydrogen (secondary N) is 1. The summed E-state index contributed by atoms with van der Waals surface area (Å²) in [5.74, 6) is 0. The molecule has 5 heteroatoms. The van der Waals surface area contributed by atoms with Gasteiger partial charge in [0.25, 0.3) is 0 Å². The highest BCUT2D eigenvalue weighted by molar-refractivity contribution is 7.92. The van der Waals surface area contributed by atoms with Crippen molar-refractivity contribution < 1.29 is 8.42 Å². The second-order valence-electron chi connectivity index (χ2n) is 5.98. The van der Waals surface area contributed by atoms with Crippen LogP contribution in [0.25, 0.3) is 0 Å². The molecule has 0 unspecified atom stereocenters. The summed E-state index contributed by atoms with van der Waals surface area (Å²) >= 11 is 0. The van der Waals surface area contributed by atoms with Gasteiger partial charge in [0.2, 0.25) is 10.0 Å². The van der Waals surface area contributed by atoms with E-state index in [1.165, 1.54) is 50.5 Å². The highest BCUT2D eigenvalue weighted by Crippen LogP contribution is 2.40. The fourth-order valence-corrected chi connectivity index (χ4v) is 4.17. The third kappa shape index (κ3) is 2.99. The minimum atomic E-state index is -3.19. The van der Waals surface area contributed by atoms with E-state index in [0.29, 0.717) is 11.7 Å². The number of sulfonamides is 1. The number of benzene rings is 1. The van der Waals surface area contributed by atoms with E-state index in [-0.39, 0.29) is 0 Å². The van der Waals surface area contributed by atoms with E-state index < -0.39 is 10.0 Å². The van der Waals surface area contributed by atoms with E-state index in [9.17, 15) is 8.42 Å². The molecule has 0 saturated carbocycles. The Bertz CT molecular complexity index is 568. The van der Waals surface area contributed by atoms with Crippen LogP contribution in [0.5, 0.6) is 0 Å². The molecule has 0 radical (unpaired) electrons. The maximum atomic E-state index is 11.2. The van der Waals surface area contributed by atoms with Gasteiger partial charge in [0.15, 0.2) is 0 Å². The zero-order chi connectivity index (χ0) is 14.2. The fraction of sp³-hybridized carbons (Fsp3) is 0.600. The van der Waals surface area contributed by atoms with Crippen molar-refractivity contribution in [2.45, 2.75) is 44.2 Å². The molecular formula is C15H22N2O2S. The van der Waals surface area contributed by atoms with Gasteiger partial charge in [-0.2, -0.15) is 0 Å². The predicted molar refractivity (Wildman–Crippen MR) is 81.2 cm³/mol. The van der Waals surface area contributed by atoms with Crippen molar-refractivity contribution in [1.29, 1.82) is 0 Å². The van der Waals surface area contributed by atoms with Crippen LogP contribution >= 0.6 is 0 Å². The molecule has 0 spiro atoms. The predicted octanol–water partition coefficient (Wildman–Crippen LogP) is 2.75. The first-order valence-corrected chi connectivity index (χ1v) is 9.25. The van der Waals surface area contributed by atoms with Crippen LogP contribution in [0.15, 0.2) is 24.3 Å². The van der Waals surface area contributed by atoms with Crippen LogP contribution in [0, 0.1) is 0 Å². The van der Waals surface area contributed by atoms with E-state index >= 15 is 0 Å². The Labute approximate surface area is 121 Å². The highest BCUT2D eigenvalue weighted by Gasteiger charge is 2.35. The van der Waals surface area contributed by atoms with Gasteiger partial charge in [-0.25, -0.2) is 8.42 Å². The van der Waals surface area contributed by atoms with Crippen molar-refractivity contribution in [3.05, 3.63) is 29.8 Å². The Balaban J connectivity index is 1.74. The first-order chi connectivity index (χ1) is 9.53. The summed E-state index contributed by atoms with van der Waals surface area (Å²) in [6.07, 6.45) is 7.71. The zero-order valence-corrected chi connectivity index (χ0v) is 12.7. The number of hydrogen-bond donors (Lipinski definition) is 1. The quantitative estimate of drug-likeness (QED) is 0.932. The van der Waals surface area contributed by atoms with Gasteiger partial charge in [-0.3, -0.25) is 9.62 Å². The molecule has 2 saturated heterocycles. The van der Waals surface area contributed by atoms with Crippen LogP contribution in [0.4, 0.5) is 5.69 Å². The van der Waals surface area contributed by atoms with Crippen molar-refractivity contribution in [1.82, 2.24) is 4.90 Å². The van der Waals surface area contributed by atoms with E-state index in [2.05, 4.69) is 21.8 Å². The summed E-state index contributed by atoms with van der Waals surface area (Å²) in [5.41, 5.74) is 1.96. The lowest BCUT2D eigenvalue weighted by molar-refractivity contribution is 0.150. The molecule has 3 rings (SSSR count). The normalized spacial score (nSPS) is 27.2. The van der Waals surface area contributed by atoms with Crippen molar-refractivity contribution >= 4 is 15.7 Å². The molecule has 4 nitrogen and oxygen atoms in total. The highest BCUT2D eigenvalue weighted by atomic mass is 32.2. The first-order valence-electron chi connectivity index (χ1n) is 7.36. The van der Waals surface area contributed by atoms with Crippen LogP contribution in [-0.4, -0.2) is 32.2 Å². The molecule has 1 aromatic carbocycles. The minimum absolute atomic E-state index is 0.521. The maximum absolute atomic E-state index is 11.2. The van der Waals surface area contributed by atoms with Crippen LogP contribution in [0.1, 0.15) is 43.7 Å². The van der Waals surface area contributed by atoms with Crippen molar-refractivity contribution in [2.75, 3.05) is 17.5 Å². The molecule has 1 N–H and O–H groups in total. The lowest BCUT2D eigenvalue weighted by Crippen LogP contribution is -2.35. The Kier molecular flexibility index (Phi) is 3.73. The van der Waals surface area contributed by atoms with Crippen LogP contribution in [0.2, 0.25) is 0 Å². The second-order valence-corrected chi connectivity index (χ2v) is 7.73. The molecule has 0 bridgehead atoms. The van der Waals surface area contributed by atoms with Crippen LogP contribution in [0.3, 0.4) is 0 Å². The molecule has 0 amide bonds. The van der Waals surface area contributed by atoms with E-state index in [1.807, 2.05) is 12.1 Å². The van der Waals surface area contributed by atoms with E-state index in [4.69, 9.17) is 0 Å². The number of nitrogens with zero attached hydrogens (tertiary/aromatic N) is 1. The number of piperidine rings is 1. The van der Waals surface area contributed by atoms with E-state index in [0.717, 1.165) is 6.04 Å². The third-order valence-electron chi connectivity index (χ3n) is 4.45. The summed E-state index contributed by atoms with van der Waals surface area (Å²) in [6, 6.07) is 9.15. The molecule has 0 aliphatic carbocycles. The lowest BCUT2D eigenvalue weighted by Gasteiger charge is -2.34. The Hall–Kier alpha value is -1.07. The second kappa shape index (κ2) is 5.37. The molecule has 20 heavy (non-hydrogen) atoms. The van der Waals surface area contributed by atoms with Gasteiger partial charge >= 0.3 is 0 Å². The zero-order valence-electron chi connectivity index (χ0n) is 11.9. The summed E-state index contributed by atoms with van der Waals surface area (Å²) in [7, 11) is -3.19. The monoisotopic (exact) mass is 294 g/mol. The van der Waals surface area contributed by atoms with Gasteiger partial charge in [0.05, 0.1) is 6.26 Å². The Morgan fingerprint density at radius 1 is 1.10 bits per heavy atom. The minimum Gasteiger partial charge on any atom is -0.293 e. The molecule has 2 heterocycles. The number of rotatable bonds is 3. The van der Waals surface area contributed by atoms with Gasteiger partial charge in [0.1, 0.15) is 0 Å².